The predicted molar refractivity (Wildman–Crippen MR) is 90.8 cm³/mol. The molecule has 24 heavy (non-hydrogen) atoms. The first-order chi connectivity index (χ1) is 11.7. The number of aliphatic hydroxyl groups excluding tert-OH is 1. The average Bonchev–Trinajstić information content (AvgIpc) is 3.15. The summed E-state index contributed by atoms with van der Waals surface area (Å²) in [5.74, 6) is 1.92. The first-order valence-corrected chi connectivity index (χ1v) is 8.33. The standard InChI is InChI=1S/C18H23N3O3/c1-13-6-8-21(9-7-13)17-5-4-14(11-19-17)18(23)20-15(12-22)16-3-2-10-24-16/h2-5,10-11,13,15,22H,6-9,12H2,1H3,(H,20,23). The van der Waals surface area contributed by atoms with Gasteiger partial charge in [-0.25, -0.2) is 4.98 Å². The van der Waals surface area contributed by atoms with E-state index in [1.807, 2.05) is 6.07 Å². The summed E-state index contributed by atoms with van der Waals surface area (Å²) in [6.07, 6.45) is 5.44. The minimum Gasteiger partial charge on any atom is -0.467 e. The topological polar surface area (TPSA) is 78.6 Å². The molecule has 3 rings (SSSR count). The van der Waals surface area contributed by atoms with E-state index in [9.17, 15) is 9.90 Å². The smallest absolute Gasteiger partial charge is 0.253 e. The molecule has 0 saturated carbocycles. The highest BCUT2D eigenvalue weighted by Gasteiger charge is 2.19. The third-order valence-electron chi connectivity index (χ3n) is 4.49. The van der Waals surface area contributed by atoms with Crippen molar-refractivity contribution in [2.45, 2.75) is 25.8 Å². The van der Waals surface area contributed by atoms with E-state index in [0.717, 1.165) is 24.8 Å². The molecule has 6 nitrogen and oxygen atoms in total. The molecule has 128 valence electrons. The van der Waals surface area contributed by atoms with Crippen LogP contribution in [0.25, 0.3) is 0 Å². The summed E-state index contributed by atoms with van der Waals surface area (Å²) in [6.45, 7) is 4.06. The molecule has 0 aromatic carbocycles. The minimum atomic E-state index is -0.559. The van der Waals surface area contributed by atoms with Crippen LogP contribution in [-0.2, 0) is 0 Å². The summed E-state index contributed by atoms with van der Waals surface area (Å²) < 4.78 is 5.23. The number of nitrogens with one attached hydrogen (secondary N) is 1. The van der Waals surface area contributed by atoms with Crippen molar-refractivity contribution in [1.29, 1.82) is 0 Å². The lowest BCUT2D eigenvalue weighted by Gasteiger charge is -2.31. The first-order valence-electron chi connectivity index (χ1n) is 8.33. The highest BCUT2D eigenvalue weighted by atomic mass is 16.3. The number of piperidine rings is 1. The Hall–Kier alpha value is -2.34. The summed E-state index contributed by atoms with van der Waals surface area (Å²) in [6, 6.07) is 6.54. The number of hydrogen-bond acceptors (Lipinski definition) is 5. The fourth-order valence-electron chi connectivity index (χ4n) is 2.88. The number of amides is 1. The molecule has 1 aliphatic rings. The number of carbonyl (C=O) groups excluding carboxylic acids is 1. The number of aliphatic hydroxyl groups is 1. The van der Waals surface area contributed by atoms with Crippen LogP contribution < -0.4 is 10.2 Å². The van der Waals surface area contributed by atoms with Gasteiger partial charge in [0, 0.05) is 19.3 Å². The second kappa shape index (κ2) is 7.49. The maximum atomic E-state index is 12.3. The van der Waals surface area contributed by atoms with Crippen molar-refractivity contribution >= 4 is 11.7 Å². The number of rotatable bonds is 5. The Morgan fingerprint density at radius 2 is 2.21 bits per heavy atom. The molecular weight excluding hydrogens is 306 g/mol. The van der Waals surface area contributed by atoms with Crippen LogP contribution in [0.2, 0.25) is 0 Å². The highest BCUT2D eigenvalue weighted by molar-refractivity contribution is 5.94. The summed E-state index contributed by atoms with van der Waals surface area (Å²) in [7, 11) is 0. The Morgan fingerprint density at radius 1 is 1.42 bits per heavy atom. The van der Waals surface area contributed by atoms with E-state index in [2.05, 4.69) is 22.1 Å². The summed E-state index contributed by atoms with van der Waals surface area (Å²) in [4.78, 5) is 19.0. The minimum absolute atomic E-state index is 0.225. The Kier molecular flexibility index (Phi) is 5.15. The van der Waals surface area contributed by atoms with Gasteiger partial charge < -0.3 is 19.7 Å². The van der Waals surface area contributed by atoms with Crippen LogP contribution in [-0.4, -0.2) is 35.7 Å². The molecule has 1 unspecified atom stereocenters. The van der Waals surface area contributed by atoms with E-state index in [1.165, 1.54) is 19.1 Å². The Bertz CT molecular complexity index is 647. The zero-order valence-electron chi connectivity index (χ0n) is 13.8. The van der Waals surface area contributed by atoms with Crippen LogP contribution >= 0.6 is 0 Å². The van der Waals surface area contributed by atoms with Crippen molar-refractivity contribution in [2.24, 2.45) is 5.92 Å². The van der Waals surface area contributed by atoms with Crippen molar-refractivity contribution in [3.8, 4) is 0 Å². The predicted octanol–water partition coefficient (Wildman–Crippen LogP) is 2.37. The van der Waals surface area contributed by atoms with Crippen molar-refractivity contribution in [3.63, 3.8) is 0 Å². The Labute approximate surface area is 141 Å². The largest absolute Gasteiger partial charge is 0.467 e. The van der Waals surface area contributed by atoms with Gasteiger partial charge in [-0.3, -0.25) is 4.79 Å². The van der Waals surface area contributed by atoms with Gasteiger partial charge in [0.1, 0.15) is 17.6 Å². The second-order valence-electron chi connectivity index (χ2n) is 6.30. The molecule has 0 radical (unpaired) electrons. The van der Waals surface area contributed by atoms with Gasteiger partial charge in [0.05, 0.1) is 18.4 Å². The molecular formula is C18H23N3O3. The van der Waals surface area contributed by atoms with Crippen molar-refractivity contribution in [1.82, 2.24) is 10.3 Å². The maximum Gasteiger partial charge on any atom is 0.253 e. The molecule has 1 atom stereocenters. The maximum absolute atomic E-state index is 12.3. The van der Waals surface area contributed by atoms with Crippen LogP contribution in [0.5, 0.6) is 0 Å². The van der Waals surface area contributed by atoms with Crippen molar-refractivity contribution in [3.05, 3.63) is 48.0 Å². The second-order valence-corrected chi connectivity index (χ2v) is 6.30. The van der Waals surface area contributed by atoms with Gasteiger partial charge in [0.2, 0.25) is 0 Å². The van der Waals surface area contributed by atoms with E-state index < -0.39 is 6.04 Å². The van der Waals surface area contributed by atoms with E-state index in [0.29, 0.717) is 11.3 Å². The molecule has 6 heteroatoms. The molecule has 1 amide bonds. The van der Waals surface area contributed by atoms with E-state index in [4.69, 9.17) is 4.42 Å². The van der Waals surface area contributed by atoms with Gasteiger partial charge >= 0.3 is 0 Å². The van der Waals surface area contributed by atoms with E-state index in [1.54, 1.807) is 24.4 Å². The molecule has 3 heterocycles. The molecule has 1 fully saturated rings. The number of hydrogen-bond donors (Lipinski definition) is 2. The summed E-state index contributed by atoms with van der Waals surface area (Å²) >= 11 is 0. The van der Waals surface area contributed by atoms with Gasteiger partial charge in [0.15, 0.2) is 0 Å². The fraction of sp³-hybridized carbons (Fsp3) is 0.444. The van der Waals surface area contributed by atoms with Crippen LogP contribution in [0.3, 0.4) is 0 Å². The first kappa shape index (κ1) is 16.5. The molecule has 1 aliphatic heterocycles. The number of pyridine rings is 1. The lowest BCUT2D eigenvalue weighted by Crippen LogP contribution is -2.33. The van der Waals surface area contributed by atoms with Crippen molar-refractivity contribution in [2.75, 3.05) is 24.6 Å². The number of furan rings is 1. The summed E-state index contributed by atoms with van der Waals surface area (Å²) in [5, 5.41) is 12.2. The third-order valence-corrected chi connectivity index (χ3v) is 4.49. The average molecular weight is 329 g/mol. The normalized spacial score (nSPS) is 16.8. The molecule has 0 aliphatic carbocycles. The number of nitrogens with zero attached hydrogens (tertiary/aromatic N) is 2. The number of aromatic nitrogens is 1. The van der Waals surface area contributed by atoms with Crippen LogP contribution in [0.4, 0.5) is 5.82 Å². The van der Waals surface area contributed by atoms with Gasteiger partial charge in [-0.05, 0) is 43.0 Å². The molecule has 1 saturated heterocycles. The van der Waals surface area contributed by atoms with Gasteiger partial charge in [-0.15, -0.1) is 0 Å². The molecule has 2 aromatic heterocycles. The zero-order valence-corrected chi connectivity index (χ0v) is 13.8. The molecule has 0 bridgehead atoms. The van der Waals surface area contributed by atoms with Crippen LogP contribution in [0, 0.1) is 5.92 Å². The number of anilines is 1. The van der Waals surface area contributed by atoms with E-state index in [-0.39, 0.29) is 12.5 Å². The van der Waals surface area contributed by atoms with Gasteiger partial charge in [0.25, 0.3) is 5.91 Å². The van der Waals surface area contributed by atoms with E-state index >= 15 is 0 Å². The third kappa shape index (κ3) is 3.76. The van der Waals surface area contributed by atoms with Gasteiger partial charge in [-0.2, -0.15) is 0 Å². The lowest BCUT2D eigenvalue weighted by molar-refractivity contribution is 0.0907. The molecule has 2 aromatic rings. The number of carbonyl (C=O) groups is 1. The summed E-state index contributed by atoms with van der Waals surface area (Å²) in [5.41, 5.74) is 0.467. The lowest BCUT2D eigenvalue weighted by atomic mass is 9.99. The quantitative estimate of drug-likeness (QED) is 0.880. The van der Waals surface area contributed by atoms with Gasteiger partial charge in [-0.1, -0.05) is 6.92 Å². The highest BCUT2D eigenvalue weighted by Crippen LogP contribution is 2.21. The zero-order chi connectivity index (χ0) is 16.9. The van der Waals surface area contributed by atoms with Crippen molar-refractivity contribution < 1.29 is 14.3 Å². The monoisotopic (exact) mass is 329 g/mol. The molecule has 2 N–H and O–H groups in total. The Morgan fingerprint density at radius 3 is 2.79 bits per heavy atom. The SMILES string of the molecule is CC1CCN(c2ccc(C(=O)NC(CO)c3ccco3)cn2)CC1. The molecule has 0 spiro atoms. The van der Waals surface area contributed by atoms with Crippen LogP contribution in [0.1, 0.15) is 41.9 Å². The van der Waals surface area contributed by atoms with Crippen LogP contribution in [0.15, 0.2) is 41.1 Å². The Balaban J connectivity index is 1.63. The fourth-order valence-corrected chi connectivity index (χ4v) is 2.88.